The Morgan fingerprint density at radius 2 is 2.00 bits per heavy atom. The van der Waals surface area contributed by atoms with Crippen LogP contribution in [-0.2, 0) is 22.3 Å². The van der Waals surface area contributed by atoms with Gasteiger partial charge < -0.3 is 9.64 Å². The Kier molecular flexibility index (Phi) is 4.55. The second-order valence-corrected chi connectivity index (χ2v) is 6.50. The number of likely N-dealkylation sites (tertiary alicyclic amines) is 1. The standard InChI is InChI=1S/C17H19F4NO2/c18-13-2-3-14(17(19,20)21)12(10-13)11-22-8-7-16(5-1-9-24-16)6-4-15(22)23/h2-3,10H,1,4-9,11H2/t16-/m0/s1. The van der Waals surface area contributed by atoms with E-state index >= 15 is 0 Å². The first-order valence-corrected chi connectivity index (χ1v) is 8.06. The van der Waals surface area contributed by atoms with Crippen molar-refractivity contribution in [3.63, 3.8) is 0 Å². The predicted molar refractivity (Wildman–Crippen MR) is 78.6 cm³/mol. The highest BCUT2D eigenvalue weighted by atomic mass is 19.4. The largest absolute Gasteiger partial charge is 0.416 e. The number of nitrogens with zero attached hydrogens (tertiary/aromatic N) is 1. The van der Waals surface area contributed by atoms with E-state index in [-0.39, 0.29) is 30.0 Å². The van der Waals surface area contributed by atoms with Crippen molar-refractivity contribution in [3.05, 3.63) is 35.1 Å². The van der Waals surface area contributed by atoms with Crippen LogP contribution in [0.1, 0.15) is 43.2 Å². The maximum atomic E-state index is 13.4. The zero-order valence-corrected chi connectivity index (χ0v) is 13.2. The van der Waals surface area contributed by atoms with Gasteiger partial charge in [0.25, 0.3) is 0 Å². The van der Waals surface area contributed by atoms with Gasteiger partial charge in [-0.25, -0.2) is 4.39 Å². The molecule has 2 aliphatic rings. The van der Waals surface area contributed by atoms with Crippen LogP contribution in [0.3, 0.4) is 0 Å². The second kappa shape index (κ2) is 6.35. The van der Waals surface area contributed by atoms with Crippen LogP contribution in [0.25, 0.3) is 0 Å². The molecule has 0 radical (unpaired) electrons. The van der Waals surface area contributed by atoms with Gasteiger partial charge in [-0.05, 0) is 49.4 Å². The van der Waals surface area contributed by atoms with Crippen molar-refractivity contribution in [2.75, 3.05) is 13.2 Å². The number of amides is 1. The number of alkyl halides is 3. The maximum Gasteiger partial charge on any atom is 0.416 e. The Balaban J connectivity index is 1.80. The number of carbonyl (C=O) groups excluding carboxylic acids is 1. The van der Waals surface area contributed by atoms with E-state index in [1.165, 1.54) is 4.90 Å². The fourth-order valence-electron chi connectivity index (χ4n) is 3.57. The lowest BCUT2D eigenvalue weighted by atomic mass is 9.92. The smallest absolute Gasteiger partial charge is 0.375 e. The van der Waals surface area contributed by atoms with Gasteiger partial charge in [-0.2, -0.15) is 13.2 Å². The number of hydrogen-bond acceptors (Lipinski definition) is 2. The zero-order valence-electron chi connectivity index (χ0n) is 13.2. The van der Waals surface area contributed by atoms with E-state index in [0.717, 1.165) is 31.0 Å². The number of ether oxygens (including phenoxy) is 1. The van der Waals surface area contributed by atoms with Crippen LogP contribution in [0.2, 0.25) is 0 Å². The Morgan fingerprint density at radius 1 is 1.21 bits per heavy atom. The van der Waals surface area contributed by atoms with Gasteiger partial charge in [-0.3, -0.25) is 4.79 Å². The van der Waals surface area contributed by atoms with E-state index in [9.17, 15) is 22.4 Å². The molecule has 2 saturated heterocycles. The number of rotatable bonds is 2. The molecule has 1 aromatic carbocycles. The summed E-state index contributed by atoms with van der Waals surface area (Å²) < 4.78 is 58.5. The summed E-state index contributed by atoms with van der Waals surface area (Å²) in [5.74, 6) is -0.948. The lowest BCUT2D eigenvalue weighted by Crippen LogP contribution is -2.32. The Hall–Kier alpha value is -1.63. The molecule has 7 heteroatoms. The quantitative estimate of drug-likeness (QED) is 0.761. The third-order valence-electron chi connectivity index (χ3n) is 4.90. The third-order valence-corrected chi connectivity index (χ3v) is 4.90. The van der Waals surface area contributed by atoms with E-state index in [1.807, 2.05) is 0 Å². The maximum absolute atomic E-state index is 13.4. The van der Waals surface area contributed by atoms with Gasteiger partial charge in [0.15, 0.2) is 0 Å². The average Bonchev–Trinajstić information content (AvgIpc) is 2.91. The van der Waals surface area contributed by atoms with Crippen molar-refractivity contribution in [1.29, 1.82) is 0 Å². The second-order valence-electron chi connectivity index (χ2n) is 6.50. The molecule has 0 N–H and O–H groups in total. The van der Waals surface area contributed by atoms with Gasteiger partial charge in [0, 0.05) is 26.1 Å². The normalized spacial score (nSPS) is 25.3. The van der Waals surface area contributed by atoms with Gasteiger partial charge in [0.1, 0.15) is 5.82 Å². The number of hydrogen-bond donors (Lipinski definition) is 0. The molecule has 1 amide bonds. The summed E-state index contributed by atoms with van der Waals surface area (Å²) in [6.45, 7) is 0.754. The summed E-state index contributed by atoms with van der Waals surface area (Å²) in [5.41, 5.74) is -1.42. The van der Waals surface area contributed by atoms with Crippen LogP contribution in [0, 0.1) is 5.82 Å². The van der Waals surface area contributed by atoms with E-state index in [0.29, 0.717) is 26.0 Å². The molecule has 1 spiro atoms. The first-order chi connectivity index (χ1) is 11.3. The monoisotopic (exact) mass is 345 g/mol. The van der Waals surface area contributed by atoms with Crippen LogP contribution in [-0.4, -0.2) is 29.6 Å². The van der Waals surface area contributed by atoms with Gasteiger partial charge in [-0.1, -0.05) is 0 Å². The van der Waals surface area contributed by atoms with Crippen molar-refractivity contribution < 1.29 is 27.1 Å². The molecule has 2 fully saturated rings. The Labute approximate surface area is 137 Å². The van der Waals surface area contributed by atoms with Crippen LogP contribution < -0.4 is 0 Å². The summed E-state index contributed by atoms with van der Waals surface area (Å²) in [6, 6.07) is 2.38. The molecule has 2 heterocycles. The van der Waals surface area contributed by atoms with E-state index < -0.39 is 17.6 Å². The SMILES string of the molecule is O=C1CC[C@@]2(CCCO2)CCN1Cc1cc(F)ccc1C(F)(F)F. The molecule has 2 aliphatic heterocycles. The third kappa shape index (κ3) is 3.55. The van der Waals surface area contributed by atoms with Crippen LogP contribution in [0.4, 0.5) is 17.6 Å². The Bertz CT molecular complexity index is 624. The molecule has 1 aromatic rings. The molecule has 1 atom stereocenters. The van der Waals surface area contributed by atoms with Crippen LogP contribution in [0.5, 0.6) is 0 Å². The highest BCUT2D eigenvalue weighted by molar-refractivity contribution is 5.76. The fourth-order valence-corrected chi connectivity index (χ4v) is 3.57. The molecule has 3 nitrogen and oxygen atoms in total. The summed E-state index contributed by atoms with van der Waals surface area (Å²) in [6.07, 6.45) is -1.31. The van der Waals surface area contributed by atoms with E-state index in [4.69, 9.17) is 4.74 Å². The first-order valence-electron chi connectivity index (χ1n) is 8.06. The van der Waals surface area contributed by atoms with E-state index in [2.05, 4.69) is 0 Å². The number of benzene rings is 1. The van der Waals surface area contributed by atoms with Gasteiger partial charge in [0.05, 0.1) is 11.2 Å². The minimum Gasteiger partial charge on any atom is -0.375 e. The van der Waals surface area contributed by atoms with Gasteiger partial charge in [-0.15, -0.1) is 0 Å². The molecule has 0 bridgehead atoms. The molecular weight excluding hydrogens is 326 g/mol. The predicted octanol–water partition coefficient (Wildman–Crippen LogP) is 3.91. The van der Waals surface area contributed by atoms with Crippen LogP contribution >= 0.6 is 0 Å². The van der Waals surface area contributed by atoms with Gasteiger partial charge in [0.2, 0.25) is 5.91 Å². The van der Waals surface area contributed by atoms with Crippen LogP contribution in [0.15, 0.2) is 18.2 Å². The minimum absolute atomic E-state index is 0.209. The van der Waals surface area contributed by atoms with Crippen molar-refractivity contribution in [3.8, 4) is 0 Å². The van der Waals surface area contributed by atoms with Crippen molar-refractivity contribution in [2.24, 2.45) is 0 Å². The summed E-state index contributed by atoms with van der Waals surface area (Å²) in [4.78, 5) is 13.7. The first kappa shape index (κ1) is 17.2. The summed E-state index contributed by atoms with van der Waals surface area (Å²) in [5, 5.41) is 0. The fraction of sp³-hybridized carbons (Fsp3) is 0.588. The highest BCUT2D eigenvalue weighted by Gasteiger charge is 2.39. The minimum atomic E-state index is -4.58. The topological polar surface area (TPSA) is 29.5 Å². The summed E-state index contributed by atoms with van der Waals surface area (Å²) >= 11 is 0. The Morgan fingerprint density at radius 3 is 2.67 bits per heavy atom. The lowest BCUT2D eigenvalue weighted by molar-refractivity contribution is -0.139. The molecule has 3 rings (SSSR count). The van der Waals surface area contributed by atoms with Gasteiger partial charge >= 0.3 is 6.18 Å². The highest BCUT2D eigenvalue weighted by Crippen LogP contribution is 2.37. The van der Waals surface area contributed by atoms with Crippen molar-refractivity contribution >= 4 is 5.91 Å². The zero-order chi connectivity index (χ0) is 17.4. The molecule has 0 unspecified atom stereocenters. The average molecular weight is 345 g/mol. The lowest BCUT2D eigenvalue weighted by Gasteiger charge is -2.27. The van der Waals surface area contributed by atoms with Crippen molar-refractivity contribution in [2.45, 2.75) is 50.4 Å². The van der Waals surface area contributed by atoms with E-state index in [1.54, 1.807) is 0 Å². The van der Waals surface area contributed by atoms with Crippen molar-refractivity contribution in [1.82, 2.24) is 4.90 Å². The number of carbonyl (C=O) groups is 1. The molecule has 0 aliphatic carbocycles. The molecular formula is C17H19F4NO2. The molecule has 0 aromatic heterocycles. The number of halogens is 4. The summed E-state index contributed by atoms with van der Waals surface area (Å²) in [7, 11) is 0. The molecule has 24 heavy (non-hydrogen) atoms. The molecule has 0 saturated carbocycles. The molecule has 132 valence electrons.